The molecule has 1 aromatic heterocycles. The number of carbonyl (C=O) groups excluding carboxylic acids is 1. The van der Waals surface area contributed by atoms with Crippen molar-refractivity contribution in [2.75, 3.05) is 26.1 Å². The number of anilines is 1. The molecule has 27 heteroatoms. The normalized spacial score (nSPS) is 17.5. The van der Waals surface area contributed by atoms with Crippen LogP contribution in [0.4, 0.5) is 80.5 Å². The van der Waals surface area contributed by atoms with Gasteiger partial charge >= 0.3 is 53.3 Å². The van der Waals surface area contributed by atoms with E-state index in [2.05, 4.69) is 10.3 Å². The number of carbonyl (C=O) groups is 1. The Balaban J connectivity index is 1.29. The molecule has 4 aromatic carbocycles. The molecule has 10 nitrogen and oxygen atoms in total. The van der Waals surface area contributed by atoms with E-state index >= 15 is 0 Å². The minimum Gasteiger partial charge on any atom is -0.497 e. The number of hydrogen-bond donors (Lipinski definition) is 2. The summed E-state index contributed by atoms with van der Waals surface area (Å²) in [5.74, 6) is -57.2. The number of aromatic nitrogens is 2. The second kappa shape index (κ2) is 20.3. The molecule has 74 heavy (non-hydrogen) atoms. The molecule has 1 aliphatic rings. The quantitative estimate of drug-likeness (QED) is 0.0584. The van der Waals surface area contributed by atoms with Crippen LogP contribution in [-0.2, 0) is 21.5 Å². The molecule has 3 atom stereocenters. The maximum atomic E-state index is 15.0. The average Bonchev–Trinajstić information content (AvgIpc) is 3.72. The van der Waals surface area contributed by atoms with Crippen LogP contribution in [0, 0.1) is 0 Å². The minimum atomic E-state index is -8.74. The predicted molar refractivity (Wildman–Crippen MR) is 225 cm³/mol. The van der Waals surface area contributed by atoms with Gasteiger partial charge in [-0.1, -0.05) is 66.7 Å². The topological polar surface area (TPSA) is 121 Å². The maximum absolute atomic E-state index is 15.0. The SMILES string of the molecule is COc1ccc(C(OC[C@H]2O[C@@H](n3ccc(NC(=O)c4ccccc4)nc3=O)C[C@@H]2O)(c2ccc(CCC(F)(F)C(F)(F)C(F)(F)C(F)(F)C(F)(F)C(F)(F)C(F)(F)C(F)(F)F)cc2)c2ccc(OC)cc2)cc1. The van der Waals surface area contributed by atoms with Gasteiger partial charge in [0.25, 0.3) is 5.91 Å². The number of nitrogens with one attached hydrogen (secondary N) is 1. The molecular formula is C47H38F17N3O7. The van der Waals surface area contributed by atoms with Crippen LogP contribution in [0.2, 0.25) is 0 Å². The Labute approximate surface area is 406 Å². The molecule has 0 spiro atoms. The smallest absolute Gasteiger partial charge is 0.460 e. The molecule has 0 bridgehead atoms. The molecule has 6 rings (SSSR count). The lowest BCUT2D eigenvalue weighted by Gasteiger charge is -2.42. The van der Waals surface area contributed by atoms with E-state index in [1.165, 1.54) is 87.1 Å². The Kier molecular flexibility index (Phi) is 15.6. The Morgan fingerprint density at radius 1 is 0.649 bits per heavy atom. The highest BCUT2D eigenvalue weighted by Gasteiger charge is 2.95. The highest BCUT2D eigenvalue weighted by molar-refractivity contribution is 6.03. The number of rotatable bonds is 20. The molecule has 0 aliphatic carbocycles. The van der Waals surface area contributed by atoms with Gasteiger partial charge < -0.3 is 29.4 Å². The first-order chi connectivity index (χ1) is 34.2. The second-order valence-electron chi connectivity index (χ2n) is 16.5. The molecule has 1 aliphatic heterocycles. The number of halogens is 17. The number of alkyl halides is 17. The van der Waals surface area contributed by atoms with Crippen molar-refractivity contribution in [3.05, 3.63) is 154 Å². The number of ether oxygens (including phenoxy) is 4. The van der Waals surface area contributed by atoms with Crippen molar-refractivity contribution in [3.8, 4) is 11.5 Å². The molecular weight excluding hydrogens is 1040 g/mol. The monoisotopic (exact) mass is 1080 g/mol. The molecule has 2 N–H and O–H groups in total. The molecule has 1 saturated heterocycles. The van der Waals surface area contributed by atoms with Crippen LogP contribution in [0.25, 0.3) is 0 Å². The summed E-state index contributed by atoms with van der Waals surface area (Å²) >= 11 is 0. The predicted octanol–water partition coefficient (Wildman–Crippen LogP) is 11.1. The summed E-state index contributed by atoms with van der Waals surface area (Å²) in [6.07, 6.45) is -14.8. The van der Waals surface area contributed by atoms with Crippen molar-refractivity contribution in [2.24, 2.45) is 0 Å². The van der Waals surface area contributed by atoms with E-state index in [1.807, 2.05) is 0 Å². The molecule has 0 radical (unpaired) electrons. The van der Waals surface area contributed by atoms with E-state index in [4.69, 9.17) is 18.9 Å². The van der Waals surface area contributed by atoms with Crippen LogP contribution >= 0.6 is 0 Å². The second-order valence-corrected chi connectivity index (χ2v) is 16.5. The van der Waals surface area contributed by atoms with Crippen LogP contribution < -0.4 is 20.5 Å². The summed E-state index contributed by atoms with van der Waals surface area (Å²) in [6.45, 7) is -0.538. The lowest BCUT2D eigenvalue weighted by Crippen LogP contribution is -2.74. The van der Waals surface area contributed by atoms with Gasteiger partial charge in [-0.05, 0) is 71.1 Å². The number of methoxy groups -OCH3 is 2. The Morgan fingerprint density at radius 2 is 1.11 bits per heavy atom. The van der Waals surface area contributed by atoms with Gasteiger partial charge in [-0.3, -0.25) is 9.36 Å². The maximum Gasteiger partial charge on any atom is 0.460 e. The first-order valence-electron chi connectivity index (χ1n) is 21.3. The van der Waals surface area contributed by atoms with Crippen molar-refractivity contribution in [1.29, 1.82) is 0 Å². The van der Waals surface area contributed by atoms with Gasteiger partial charge in [0.05, 0.1) is 26.9 Å². The fourth-order valence-corrected chi connectivity index (χ4v) is 7.68. The summed E-state index contributed by atoms with van der Waals surface area (Å²) < 4.78 is 261. The Hall–Kier alpha value is -6.48. The van der Waals surface area contributed by atoms with Gasteiger partial charge in [0.1, 0.15) is 35.2 Å². The Bertz CT molecular complexity index is 2750. The fourth-order valence-electron chi connectivity index (χ4n) is 7.68. The number of aryl methyl sites for hydroxylation is 1. The van der Waals surface area contributed by atoms with Gasteiger partial charge in [0.15, 0.2) is 0 Å². The molecule has 0 unspecified atom stereocenters. The van der Waals surface area contributed by atoms with Gasteiger partial charge in [-0.2, -0.15) is 79.6 Å². The summed E-state index contributed by atoms with van der Waals surface area (Å²) in [4.78, 5) is 29.7. The van der Waals surface area contributed by atoms with Crippen molar-refractivity contribution < 1.29 is 103 Å². The third-order valence-corrected chi connectivity index (χ3v) is 12.0. The summed E-state index contributed by atoms with van der Waals surface area (Å²) in [7, 11) is 2.68. The number of nitrogens with zero attached hydrogens (tertiary/aromatic N) is 2. The van der Waals surface area contributed by atoms with Gasteiger partial charge in [-0.25, -0.2) is 4.79 Å². The zero-order valence-corrected chi connectivity index (χ0v) is 37.7. The van der Waals surface area contributed by atoms with Gasteiger partial charge in [-0.15, -0.1) is 0 Å². The first-order valence-corrected chi connectivity index (χ1v) is 21.3. The van der Waals surface area contributed by atoms with E-state index in [9.17, 15) is 89.3 Å². The lowest BCUT2D eigenvalue weighted by atomic mass is 9.79. The van der Waals surface area contributed by atoms with Crippen LogP contribution in [0.5, 0.6) is 11.5 Å². The number of benzene rings is 4. The molecule has 1 fully saturated rings. The first kappa shape index (κ1) is 56.8. The van der Waals surface area contributed by atoms with Gasteiger partial charge in [0.2, 0.25) is 0 Å². The molecule has 5 aromatic rings. The van der Waals surface area contributed by atoms with E-state index in [0.717, 1.165) is 28.8 Å². The van der Waals surface area contributed by atoms with Crippen molar-refractivity contribution in [3.63, 3.8) is 0 Å². The number of amides is 1. The van der Waals surface area contributed by atoms with Crippen molar-refractivity contribution >= 4 is 11.7 Å². The molecule has 0 saturated carbocycles. The van der Waals surface area contributed by atoms with Crippen LogP contribution in [0.1, 0.15) is 51.7 Å². The zero-order chi connectivity index (χ0) is 55.1. The van der Waals surface area contributed by atoms with Crippen molar-refractivity contribution in [2.45, 2.75) is 90.9 Å². The molecule has 402 valence electrons. The van der Waals surface area contributed by atoms with E-state index in [1.54, 1.807) is 18.2 Å². The number of aliphatic hydroxyl groups excluding tert-OH is 1. The third kappa shape index (κ3) is 9.96. The van der Waals surface area contributed by atoms with Crippen LogP contribution in [-0.4, -0.2) is 101 Å². The van der Waals surface area contributed by atoms with E-state index in [0.29, 0.717) is 11.5 Å². The van der Waals surface area contributed by atoms with E-state index < -0.39 is 108 Å². The van der Waals surface area contributed by atoms with Gasteiger partial charge in [0, 0.05) is 24.6 Å². The van der Waals surface area contributed by atoms with Crippen LogP contribution in [0.15, 0.2) is 120 Å². The van der Waals surface area contributed by atoms with Crippen molar-refractivity contribution in [1.82, 2.24) is 9.55 Å². The number of hydrogen-bond acceptors (Lipinski definition) is 8. The zero-order valence-electron chi connectivity index (χ0n) is 37.7. The largest absolute Gasteiger partial charge is 0.497 e. The standard InChI is InChI=1S/C47H38F17N3O7/c1-71-31-16-12-29(13-17-31)40(30-14-18-32(72-2)19-15-30,73-25-34-33(68)24-36(74-34)67-23-21-35(66-38(67)70)65-37(69)27-6-4-3-5-7-27)28-10-8-26(9-11-28)20-22-39(48,49)41(50,51)42(52,53)43(54,55)44(56,57)45(58,59)46(60,61)47(62,63)64/h3-19,21,23,33-34,36,68H,20,22,24-25H2,1-2H3,(H,65,66,69,70)/t33-,34+,36+/m0/s1. The Morgan fingerprint density at radius 3 is 1.57 bits per heavy atom. The minimum absolute atomic E-state index is 0.0382. The summed E-state index contributed by atoms with van der Waals surface area (Å²) in [6, 6.07) is 25.2. The highest BCUT2D eigenvalue weighted by Crippen LogP contribution is 2.64. The van der Waals surface area contributed by atoms with E-state index in [-0.39, 0.29) is 34.5 Å². The average molecular weight is 1080 g/mol. The molecule has 1 amide bonds. The fraction of sp³-hybridized carbons (Fsp3) is 0.383. The highest BCUT2D eigenvalue weighted by atomic mass is 19.4. The molecule has 2 heterocycles. The third-order valence-electron chi connectivity index (χ3n) is 12.0. The summed E-state index contributed by atoms with van der Waals surface area (Å²) in [5, 5.41) is 13.7. The number of aliphatic hydroxyl groups is 1. The lowest BCUT2D eigenvalue weighted by molar-refractivity contribution is -0.461. The van der Waals surface area contributed by atoms with Crippen LogP contribution in [0.3, 0.4) is 0 Å². The summed E-state index contributed by atoms with van der Waals surface area (Å²) in [5.41, 5.74) is -2.50.